The lowest BCUT2D eigenvalue weighted by Gasteiger charge is -2.17. The van der Waals surface area contributed by atoms with Gasteiger partial charge in [-0.2, -0.15) is 5.10 Å². The number of hydrogen-bond acceptors (Lipinski definition) is 3. The van der Waals surface area contributed by atoms with Crippen LogP contribution in [0, 0.1) is 0 Å². The Balaban J connectivity index is 2.49. The van der Waals surface area contributed by atoms with Crippen LogP contribution in [0.5, 0.6) is 5.75 Å². The lowest BCUT2D eigenvalue weighted by molar-refractivity contribution is 0.201. The highest BCUT2D eigenvalue weighted by Crippen LogP contribution is 2.31. The van der Waals surface area contributed by atoms with Gasteiger partial charge in [0.1, 0.15) is 11.8 Å². The van der Waals surface area contributed by atoms with Crippen LogP contribution in [0.15, 0.2) is 30.5 Å². The van der Waals surface area contributed by atoms with Crippen LogP contribution in [-0.4, -0.2) is 22.0 Å². The fraction of sp³-hybridized carbons (Fsp3) is 0.400. The fourth-order valence-corrected chi connectivity index (χ4v) is 2.33. The van der Waals surface area contributed by atoms with E-state index < -0.39 is 6.10 Å². The van der Waals surface area contributed by atoms with E-state index in [1.54, 1.807) is 18.0 Å². The number of hydrogen-bond donors (Lipinski definition) is 1. The van der Waals surface area contributed by atoms with Crippen molar-refractivity contribution < 1.29 is 9.84 Å². The summed E-state index contributed by atoms with van der Waals surface area (Å²) in [5, 5.41) is 14.9. The Bertz CT molecular complexity index is 527. The van der Waals surface area contributed by atoms with Crippen molar-refractivity contribution in [2.75, 3.05) is 7.11 Å². The molecular formula is C15H20N2O2. The first-order valence-electron chi connectivity index (χ1n) is 6.58. The van der Waals surface area contributed by atoms with Crippen molar-refractivity contribution in [2.45, 2.75) is 32.9 Å². The van der Waals surface area contributed by atoms with Crippen LogP contribution in [0.25, 0.3) is 0 Å². The standard InChI is InChI=1S/C15H20N2O2/c1-4-11-8-6-7-9-12(11)15(18)14-13(19-3)10-16-17(14)5-2/h6-10,15,18H,4-5H2,1-3H3. The van der Waals surface area contributed by atoms with Gasteiger partial charge in [-0.15, -0.1) is 0 Å². The highest BCUT2D eigenvalue weighted by molar-refractivity contribution is 5.38. The minimum absolute atomic E-state index is 0.625. The lowest BCUT2D eigenvalue weighted by Crippen LogP contribution is -2.11. The van der Waals surface area contributed by atoms with Crippen LogP contribution < -0.4 is 4.74 Å². The highest BCUT2D eigenvalue weighted by Gasteiger charge is 2.22. The number of aliphatic hydroxyl groups excluding tert-OH is 1. The summed E-state index contributed by atoms with van der Waals surface area (Å²) >= 11 is 0. The number of nitrogens with zero attached hydrogens (tertiary/aromatic N) is 2. The molecule has 0 aliphatic carbocycles. The summed E-state index contributed by atoms with van der Waals surface area (Å²) in [4.78, 5) is 0. The Hall–Kier alpha value is -1.81. The van der Waals surface area contributed by atoms with Crippen LogP contribution in [0.4, 0.5) is 0 Å². The Morgan fingerprint density at radius 1 is 1.32 bits per heavy atom. The Kier molecular flexibility index (Phi) is 4.22. The molecule has 1 aromatic heterocycles. The van der Waals surface area contributed by atoms with Crippen LogP contribution in [0.2, 0.25) is 0 Å². The van der Waals surface area contributed by atoms with Gasteiger partial charge in [-0.25, -0.2) is 0 Å². The summed E-state index contributed by atoms with van der Waals surface area (Å²) in [5.74, 6) is 0.625. The maximum atomic E-state index is 10.7. The van der Waals surface area contributed by atoms with Gasteiger partial charge < -0.3 is 9.84 Å². The molecule has 1 heterocycles. The Labute approximate surface area is 113 Å². The molecule has 2 aromatic rings. The number of benzene rings is 1. The molecule has 0 fully saturated rings. The predicted molar refractivity (Wildman–Crippen MR) is 74.3 cm³/mol. The second kappa shape index (κ2) is 5.89. The molecule has 4 nitrogen and oxygen atoms in total. The number of aliphatic hydroxyl groups is 1. The first-order chi connectivity index (χ1) is 9.22. The van der Waals surface area contributed by atoms with Crippen molar-refractivity contribution in [1.29, 1.82) is 0 Å². The van der Waals surface area contributed by atoms with Crippen LogP contribution in [0.3, 0.4) is 0 Å². The number of ether oxygens (including phenoxy) is 1. The summed E-state index contributed by atoms with van der Waals surface area (Å²) in [5.41, 5.74) is 2.77. The molecule has 1 aromatic carbocycles. The number of aromatic nitrogens is 2. The van der Waals surface area contributed by atoms with Crippen molar-refractivity contribution >= 4 is 0 Å². The van der Waals surface area contributed by atoms with Gasteiger partial charge in [0, 0.05) is 6.54 Å². The van der Waals surface area contributed by atoms with Crippen molar-refractivity contribution in [3.63, 3.8) is 0 Å². The summed E-state index contributed by atoms with van der Waals surface area (Å²) in [6.07, 6.45) is 1.82. The summed E-state index contributed by atoms with van der Waals surface area (Å²) in [6, 6.07) is 7.92. The molecular weight excluding hydrogens is 240 g/mol. The normalized spacial score (nSPS) is 12.4. The first kappa shape index (κ1) is 13.6. The van der Waals surface area contributed by atoms with E-state index in [0.29, 0.717) is 18.0 Å². The molecule has 2 rings (SSSR count). The van der Waals surface area contributed by atoms with E-state index >= 15 is 0 Å². The average molecular weight is 260 g/mol. The maximum Gasteiger partial charge on any atom is 0.163 e. The zero-order valence-corrected chi connectivity index (χ0v) is 11.6. The van der Waals surface area contributed by atoms with Crippen LogP contribution in [0.1, 0.15) is 36.8 Å². The van der Waals surface area contributed by atoms with Gasteiger partial charge in [-0.1, -0.05) is 31.2 Å². The quantitative estimate of drug-likeness (QED) is 0.898. The molecule has 1 N–H and O–H groups in total. The molecule has 0 aliphatic rings. The third-order valence-electron chi connectivity index (χ3n) is 3.35. The van der Waals surface area contributed by atoms with Gasteiger partial charge in [0.05, 0.1) is 13.3 Å². The maximum absolute atomic E-state index is 10.7. The molecule has 0 amide bonds. The van der Waals surface area contributed by atoms with Gasteiger partial charge in [-0.3, -0.25) is 4.68 Å². The molecule has 0 saturated carbocycles. The van der Waals surface area contributed by atoms with Crippen molar-refractivity contribution in [3.8, 4) is 5.75 Å². The Morgan fingerprint density at radius 3 is 2.68 bits per heavy atom. The third-order valence-corrected chi connectivity index (χ3v) is 3.35. The van der Waals surface area contributed by atoms with Gasteiger partial charge in [0.25, 0.3) is 0 Å². The van der Waals surface area contributed by atoms with Crippen molar-refractivity contribution in [2.24, 2.45) is 0 Å². The lowest BCUT2D eigenvalue weighted by atomic mass is 9.98. The van der Waals surface area contributed by atoms with E-state index in [1.165, 1.54) is 0 Å². The zero-order chi connectivity index (χ0) is 13.8. The molecule has 1 unspecified atom stereocenters. The molecule has 19 heavy (non-hydrogen) atoms. The van der Waals surface area contributed by atoms with Gasteiger partial charge >= 0.3 is 0 Å². The second-order valence-corrected chi connectivity index (χ2v) is 4.37. The monoisotopic (exact) mass is 260 g/mol. The fourth-order valence-electron chi connectivity index (χ4n) is 2.33. The second-order valence-electron chi connectivity index (χ2n) is 4.37. The minimum Gasteiger partial charge on any atom is -0.493 e. The Morgan fingerprint density at radius 2 is 2.05 bits per heavy atom. The number of methoxy groups -OCH3 is 1. The van der Waals surface area contributed by atoms with Crippen LogP contribution >= 0.6 is 0 Å². The number of rotatable bonds is 5. The van der Waals surface area contributed by atoms with E-state index in [9.17, 15) is 5.11 Å². The molecule has 0 aliphatic heterocycles. The predicted octanol–water partition coefficient (Wildman–Crippen LogP) is 2.56. The topological polar surface area (TPSA) is 47.3 Å². The molecule has 1 atom stereocenters. The number of aryl methyl sites for hydroxylation is 2. The van der Waals surface area contributed by atoms with E-state index in [0.717, 1.165) is 17.5 Å². The van der Waals surface area contributed by atoms with Crippen molar-refractivity contribution in [1.82, 2.24) is 9.78 Å². The van der Waals surface area contributed by atoms with E-state index in [4.69, 9.17) is 4.74 Å². The SMILES string of the molecule is CCc1ccccc1C(O)c1c(OC)cnn1CC. The first-order valence-corrected chi connectivity index (χ1v) is 6.58. The van der Waals surface area contributed by atoms with Crippen LogP contribution in [-0.2, 0) is 13.0 Å². The van der Waals surface area contributed by atoms with E-state index in [-0.39, 0.29) is 0 Å². The van der Waals surface area contributed by atoms with E-state index in [2.05, 4.69) is 12.0 Å². The summed E-state index contributed by atoms with van der Waals surface area (Å²) < 4.78 is 7.07. The summed E-state index contributed by atoms with van der Waals surface area (Å²) in [7, 11) is 1.60. The molecule has 0 radical (unpaired) electrons. The largest absolute Gasteiger partial charge is 0.493 e. The smallest absolute Gasteiger partial charge is 0.163 e. The average Bonchev–Trinajstić information content (AvgIpc) is 2.89. The molecule has 0 spiro atoms. The molecule has 0 saturated heterocycles. The zero-order valence-electron chi connectivity index (χ0n) is 11.6. The van der Waals surface area contributed by atoms with Crippen molar-refractivity contribution in [3.05, 3.63) is 47.3 Å². The summed E-state index contributed by atoms with van der Waals surface area (Å²) in [6.45, 7) is 4.78. The van der Waals surface area contributed by atoms with E-state index in [1.807, 2.05) is 31.2 Å². The molecule has 4 heteroatoms. The third kappa shape index (κ3) is 2.49. The van der Waals surface area contributed by atoms with Gasteiger partial charge in [0.2, 0.25) is 0 Å². The van der Waals surface area contributed by atoms with Gasteiger partial charge in [-0.05, 0) is 24.5 Å². The van der Waals surface area contributed by atoms with Gasteiger partial charge in [0.15, 0.2) is 5.75 Å². The molecule has 102 valence electrons. The highest BCUT2D eigenvalue weighted by atomic mass is 16.5. The minimum atomic E-state index is -0.714. The molecule has 0 bridgehead atoms.